The Morgan fingerprint density at radius 2 is 1.85 bits per heavy atom. The molecule has 0 radical (unpaired) electrons. The minimum absolute atomic E-state index is 0.00752. The van der Waals surface area contributed by atoms with E-state index in [4.69, 9.17) is 5.11 Å². The van der Waals surface area contributed by atoms with Gasteiger partial charge in [-0.2, -0.15) is 0 Å². The Bertz CT molecular complexity index is 396. The summed E-state index contributed by atoms with van der Waals surface area (Å²) in [5.74, 6) is -1.54. The zero-order valence-corrected chi connectivity index (χ0v) is 12.6. The Hall–Kier alpha value is -1.59. The summed E-state index contributed by atoms with van der Waals surface area (Å²) in [6.07, 6.45) is 2.00. The molecule has 2 N–H and O–H groups in total. The van der Waals surface area contributed by atoms with Gasteiger partial charge < -0.3 is 15.3 Å². The number of carbonyl (C=O) groups is 3. The normalized spacial score (nSPS) is 16.4. The van der Waals surface area contributed by atoms with Crippen LogP contribution < -0.4 is 5.32 Å². The molecule has 0 spiro atoms. The first-order chi connectivity index (χ1) is 9.11. The van der Waals surface area contributed by atoms with Crippen molar-refractivity contribution in [3.05, 3.63) is 0 Å². The van der Waals surface area contributed by atoms with Gasteiger partial charge in [-0.25, -0.2) is 4.79 Å². The molecule has 0 aromatic heterocycles. The minimum Gasteiger partial charge on any atom is -0.480 e. The van der Waals surface area contributed by atoms with Gasteiger partial charge >= 0.3 is 5.97 Å². The molecule has 0 bridgehead atoms. The van der Waals surface area contributed by atoms with Gasteiger partial charge in [0.1, 0.15) is 6.04 Å². The van der Waals surface area contributed by atoms with Gasteiger partial charge in [-0.15, -0.1) is 0 Å². The maximum Gasteiger partial charge on any atom is 0.326 e. The number of amides is 2. The number of nitrogens with zero attached hydrogens (tertiary/aromatic N) is 1. The molecule has 6 heteroatoms. The van der Waals surface area contributed by atoms with Gasteiger partial charge in [0.2, 0.25) is 11.8 Å². The molecule has 0 aliphatic heterocycles. The van der Waals surface area contributed by atoms with Crippen LogP contribution in [-0.2, 0) is 14.4 Å². The van der Waals surface area contributed by atoms with Gasteiger partial charge in [0.05, 0.1) is 6.54 Å². The van der Waals surface area contributed by atoms with E-state index in [0.29, 0.717) is 6.42 Å². The van der Waals surface area contributed by atoms with E-state index in [2.05, 4.69) is 5.32 Å². The number of carbonyl (C=O) groups excluding carboxylic acids is 2. The Balaban J connectivity index is 2.51. The third-order valence-electron chi connectivity index (χ3n) is 3.13. The second-order valence-electron chi connectivity index (χ2n) is 6.56. The highest BCUT2D eigenvalue weighted by Crippen LogP contribution is 2.28. The van der Waals surface area contributed by atoms with E-state index in [1.807, 2.05) is 20.8 Å². The summed E-state index contributed by atoms with van der Waals surface area (Å²) in [5.41, 5.74) is -0.141. The van der Waals surface area contributed by atoms with Crippen LogP contribution in [0.15, 0.2) is 0 Å². The first kappa shape index (κ1) is 16.5. The van der Waals surface area contributed by atoms with E-state index in [1.165, 1.54) is 11.8 Å². The molecule has 0 saturated heterocycles. The number of rotatable bonds is 6. The fourth-order valence-corrected chi connectivity index (χ4v) is 2.02. The molecule has 0 heterocycles. The number of carboxylic acids is 1. The van der Waals surface area contributed by atoms with E-state index < -0.39 is 12.0 Å². The van der Waals surface area contributed by atoms with E-state index in [-0.39, 0.29) is 29.8 Å². The Labute approximate surface area is 119 Å². The zero-order valence-electron chi connectivity index (χ0n) is 12.6. The molecule has 1 atom stereocenters. The molecule has 114 valence electrons. The standard InChI is InChI=1S/C14H24N2O4/c1-9(13(19)20)16(10-5-6-10)12(18)8-15-11(17)7-14(2,3)4/h9-10H,5-8H2,1-4H3,(H,15,17)(H,19,20). The van der Waals surface area contributed by atoms with Crippen LogP contribution in [-0.4, -0.2) is 46.4 Å². The first-order valence-corrected chi connectivity index (χ1v) is 6.92. The topological polar surface area (TPSA) is 86.7 Å². The summed E-state index contributed by atoms with van der Waals surface area (Å²) in [6.45, 7) is 7.19. The van der Waals surface area contributed by atoms with Crippen molar-refractivity contribution in [1.82, 2.24) is 10.2 Å². The zero-order chi connectivity index (χ0) is 15.5. The highest BCUT2D eigenvalue weighted by atomic mass is 16.4. The van der Waals surface area contributed by atoms with Crippen LogP contribution in [0.5, 0.6) is 0 Å². The van der Waals surface area contributed by atoms with Crippen LogP contribution in [0.3, 0.4) is 0 Å². The van der Waals surface area contributed by atoms with Crippen molar-refractivity contribution in [3.8, 4) is 0 Å². The van der Waals surface area contributed by atoms with Crippen molar-refractivity contribution in [3.63, 3.8) is 0 Å². The quantitative estimate of drug-likeness (QED) is 0.762. The van der Waals surface area contributed by atoms with Crippen molar-refractivity contribution >= 4 is 17.8 Å². The molecule has 6 nitrogen and oxygen atoms in total. The predicted octanol–water partition coefficient (Wildman–Crippen LogP) is 1.00. The Morgan fingerprint density at radius 3 is 2.25 bits per heavy atom. The third kappa shape index (κ3) is 5.19. The van der Waals surface area contributed by atoms with Crippen LogP contribution in [0.4, 0.5) is 0 Å². The first-order valence-electron chi connectivity index (χ1n) is 6.92. The van der Waals surface area contributed by atoms with Gasteiger partial charge in [-0.3, -0.25) is 9.59 Å². The summed E-state index contributed by atoms with van der Waals surface area (Å²) >= 11 is 0. The van der Waals surface area contributed by atoms with Gasteiger partial charge in [-0.05, 0) is 25.2 Å². The molecule has 1 aliphatic rings. The van der Waals surface area contributed by atoms with E-state index >= 15 is 0 Å². The molecule has 1 fully saturated rings. The van der Waals surface area contributed by atoms with Gasteiger partial charge in [0, 0.05) is 12.5 Å². The molecule has 20 heavy (non-hydrogen) atoms. The lowest BCUT2D eigenvalue weighted by atomic mass is 9.92. The predicted molar refractivity (Wildman–Crippen MR) is 74.0 cm³/mol. The molecule has 1 aliphatic carbocycles. The molecular formula is C14H24N2O4. The number of aliphatic carboxylic acids is 1. The highest BCUT2D eigenvalue weighted by molar-refractivity contribution is 5.88. The van der Waals surface area contributed by atoms with Gasteiger partial charge in [0.15, 0.2) is 0 Å². The van der Waals surface area contributed by atoms with Crippen molar-refractivity contribution in [1.29, 1.82) is 0 Å². The highest BCUT2D eigenvalue weighted by Gasteiger charge is 2.38. The minimum atomic E-state index is -1.02. The van der Waals surface area contributed by atoms with E-state index in [9.17, 15) is 14.4 Å². The molecule has 0 aromatic rings. The maximum absolute atomic E-state index is 12.1. The smallest absolute Gasteiger partial charge is 0.326 e. The fourth-order valence-electron chi connectivity index (χ4n) is 2.02. The lowest BCUT2D eigenvalue weighted by molar-refractivity contribution is -0.149. The Morgan fingerprint density at radius 1 is 1.30 bits per heavy atom. The monoisotopic (exact) mass is 284 g/mol. The molecule has 0 aromatic carbocycles. The van der Waals surface area contributed by atoms with Crippen molar-refractivity contribution in [2.45, 2.75) is 59.0 Å². The summed E-state index contributed by atoms with van der Waals surface area (Å²) in [7, 11) is 0. The van der Waals surface area contributed by atoms with Gasteiger partial charge in [-0.1, -0.05) is 20.8 Å². The lowest BCUT2D eigenvalue weighted by Gasteiger charge is -2.27. The third-order valence-corrected chi connectivity index (χ3v) is 3.13. The van der Waals surface area contributed by atoms with Crippen molar-refractivity contribution < 1.29 is 19.5 Å². The van der Waals surface area contributed by atoms with Gasteiger partial charge in [0.25, 0.3) is 0 Å². The summed E-state index contributed by atoms with van der Waals surface area (Å²) in [6, 6.07) is -0.845. The van der Waals surface area contributed by atoms with Crippen LogP contribution >= 0.6 is 0 Å². The second kappa shape index (κ2) is 6.24. The summed E-state index contributed by atoms with van der Waals surface area (Å²) in [5, 5.41) is 11.6. The SMILES string of the molecule is CC(C(=O)O)N(C(=O)CNC(=O)CC(C)(C)C)C1CC1. The average Bonchev–Trinajstić information content (AvgIpc) is 3.08. The lowest BCUT2D eigenvalue weighted by Crippen LogP contribution is -2.49. The Kier molecular flexibility index (Phi) is 5.14. The number of carboxylic acid groups (broad SMARTS) is 1. The largest absolute Gasteiger partial charge is 0.480 e. The summed E-state index contributed by atoms with van der Waals surface area (Å²) in [4.78, 5) is 36.2. The van der Waals surface area contributed by atoms with Crippen LogP contribution in [0.2, 0.25) is 0 Å². The number of hydrogen-bond donors (Lipinski definition) is 2. The van der Waals surface area contributed by atoms with E-state index in [1.54, 1.807) is 0 Å². The summed E-state index contributed by atoms with van der Waals surface area (Å²) < 4.78 is 0. The van der Waals surface area contributed by atoms with Crippen LogP contribution in [0, 0.1) is 5.41 Å². The van der Waals surface area contributed by atoms with Crippen molar-refractivity contribution in [2.75, 3.05) is 6.54 Å². The van der Waals surface area contributed by atoms with Crippen LogP contribution in [0.1, 0.15) is 47.0 Å². The molecule has 1 rings (SSSR count). The average molecular weight is 284 g/mol. The van der Waals surface area contributed by atoms with E-state index in [0.717, 1.165) is 12.8 Å². The molecule has 2 amide bonds. The van der Waals surface area contributed by atoms with Crippen LogP contribution in [0.25, 0.3) is 0 Å². The number of hydrogen-bond acceptors (Lipinski definition) is 3. The number of nitrogens with one attached hydrogen (secondary N) is 1. The fraction of sp³-hybridized carbons (Fsp3) is 0.786. The molecular weight excluding hydrogens is 260 g/mol. The second-order valence-corrected chi connectivity index (χ2v) is 6.56. The molecule has 1 saturated carbocycles. The molecule has 1 unspecified atom stereocenters. The van der Waals surface area contributed by atoms with Crippen molar-refractivity contribution in [2.24, 2.45) is 5.41 Å². The maximum atomic E-state index is 12.1.